The summed E-state index contributed by atoms with van der Waals surface area (Å²) in [7, 11) is 6.94. The van der Waals surface area contributed by atoms with Gasteiger partial charge in [-0.1, -0.05) is 13.0 Å². The lowest BCUT2D eigenvalue weighted by Gasteiger charge is -2.19. The van der Waals surface area contributed by atoms with Crippen LogP contribution in [0.3, 0.4) is 0 Å². The van der Waals surface area contributed by atoms with Gasteiger partial charge in [0.1, 0.15) is 0 Å². The molecular formula is C26H33ClN2O5S. The molecule has 3 aromatic rings. The lowest BCUT2D eigenvalue weighted by molar-refractivity contribution is 0.274. The van der Waals surface area contributed by atoms with E-state index in [0.29, 0.717) is 53.6 Å². The Morgan fingerprint density at radius 1 is 0.914 bits per heavy atom. The first-order valence-corrected chi connectivity index (χ1v) is 11.6. The van der Waals surface area contributed by atoms with Crippen molar-refractivity contribution in [2.75, 3.05) is 41.5 Å². The fraction of sp³-hybridized carbons (Fsp3) is 0.385. The Morgan fingerprint density at radius 3 is 2.17 bits per heavy atom. The molecule has 1 heterocycles. The Hall–Kier alpha value is -2.97. The van der Waals surface area contributed by atoms with Gasteiger partial charge >= 0.3 is 0 Å². The molecular weight excluding hydrogens is 488 g/mol. The van der Waals surface area contributed by atoms with Crippen LogP contribution < -0.4 is 23.7 Å². The van der Waals surface area contributed by atoms with Crippen molar-refractivity contribution >= 4 is 40.6 Å². The maximum atomic E-state index is 6.04. The summed E-state index contributed by atoms with van der Waals surface area (Å²) >= 11 is 5.39. The second kappa shape index (κ2) is 13.2. The molecule has 0 aliphatic heterocycles. The van der Waals surface area contributed by atoms with Gasteiger partial charge in [-0.15, -0.1) is 12.4 Å². The van der Waals surface area contributed by atoms with Crippen LogP contribution in [0.1, 0.15) is 31.4 Å². The van der Waals surface area contributed by atoms with Crippen molar-refractivity contribution in [1.29, 1.82) is 0 Å². The maximum Gasteiger partial charge on any atom is 0.264 e. The molecule has 35 heavy (non-hydrogen) atoms. The van der Waals surface area contributed by atoms with Crippen LogP contribution in [-0.4, -0.2) is 56.6 Å². The number of pyridine rings is 1. The number of hydrogen-bond donors (Lipinski definition) is 0. The predicted octanol–water partition coefficient (Wildman–Crippen LogP) is 5.68. The minimum Gasteiger partial charge on any atom is -0.493 e. The fourth-order valence-electron chi connectivity index (χ4n) is 3.56. The van der Waals surface area contributed by atoms with E-state index < -0.39 is 0 Å². The molecule has 9 heteroatoms. The van der Waals surface area contributed by atoms with Crippen LogP contribution in [0.4, 0.5) is 0 Å². The Morgan fingerprint density at radius 2 is 1.60 bits per heavy atom. The first-order chi connectivity index (χ1) is 16.4. The topological polar surface area (TPSA) is 62.3 Å². The van der Waals surface area contributed by atoms with Crippen molar-refractivity contribution in [2.24, 2.45) is 0 Å². The zero-order valence-corrected chi connectivity index (χ0v) is 22.7. The number of halogens is 1. The van der Waals surface area contributed by atoms with E-state index in [1.54, 1.807) is 25.3 Å². The molecule has 0 saturated heterocycles. The van der Waals surface area contributed by atoms with E-state index in [0.717, 1.165) is 28.3 Å². The molecule has 1 aromatic heterocycles. The van der Waals surface area contributed by atoms with E-state index in [9.17, 15) is 0 Å². The van der Waals surface area contributed by atoms with Crippen molar-refractivity contribution < 1.29 is 23.7 Å². The zero-order chi connectivity index (χ0) is 24.7. The van der Waals surface area contributed by atoms with Crippen molar-refractivity contribution in [3.8, 4) is 28.7 Å². The zero-order valence-electron chi connectivity index (χ0n) is 21.0. The van der Waals surface area contributed by atoms with Gasteiger partial charge in [0, 0.05) is 31.9 Å². The third-order valence-corrected chi connectivity index (χ3v) is 5.61. The van der Waals surface area contributed by atoms with Gasteiger partial charge in [-0.2, -0.15) is 0 Å². The Balaban J connectivity index is 0.00000432. The fourth-order valence-corrected chi connectivity index (χ4v) is 3.64. The van der Waals surface area contributed by atoms with E-state index >= 15 is 0 Å². The highest BCUT2D eigenvalue weighted by molar-refractivity contribution is 7.80. The van der Waals surface area contributed by atoms with Crippen LogP contribution in [-0.2, 0) is 6.42 Å². The number of rotatable bonds is 10. The van der Waals surface area contributed by atoms with Crippen molar-refractivity contribution in [1.82, 2.24) is 9.88 Å². The maximum absolute atomic E-state index is 6.04. The number of thiocarbonyl (C=S) groups is 1. The molecule has 0 aliphatic carbocycles. The summed E-state index contributed by atoms with van der Waals surface area (Å²) in [6.45, 7) is 5.08. The third-order valence-electron chi connectivity index (χ3n) is 5.16. The SMILES string of the molecule is CCCOc1c(OC)cc(Cc2cncc3c(OC(=S)N(C)C)c(OCC)ccc23)cc1OC.Cl. The van der Waals surface area contributed by atoms with E-state index in [4.69, 9.17) is 35.9 Å². The average molecular weight is 521 g/mol. The summed E-state index contributed by atoms with van der Waals surface area (Å²) < 4.78 is 28.9. The monoisotopic (exact) mass is 520 g/mol. The van der Waals surface area contributed by atoms with Crippen LogP contribution in [0.25, 0.3) is 10.8 Å². The summed E-state index contributed by atoms with van der Waals surface area (Å²) in [5.41, 5.74) is 2.03. The molecule has 3 rings (SSSR count). The molecule has 0 unspecified atom stereocenters. The van der Waals surface area contributed by atoms with Crippen molar-refractivity contribution in [3.63, 3.8) is 0 Å². The predicted molar refractivity (Wildman–Crippen MR) is 145 cm³/mol. The molecule has 0 atom stereocenters. The Kier molecular flexibility index (Phi) is 10.7. The van der Waals surface area contributed by atoms with Gasteiger partial charge in [0.25, 0.3) is 5.17 Å². The lowest BCUT2D eigenvalue weighted by atomic mass is 9.99. The molecule has 0 saturated carbocycles. The Labute approximate surface area is 218 Å². The van der Waals surface area contributed by atoms with E-state index in [2.05, 4.69) is 11.9 Å². The van der Waals surface area contributed by atoms with E-state index in [1.165, 1.54) is 0 Å². The van der Waals surface area contributed by atoms with Crippen LogP contribution in [0, 0.1) is 0 Å². The third kappa shape index (κ3) is 6.58. The van der Waals surface area contributed by atoms with Gasteiger partial charge < -0.3 is 28.6 Å². The highest BCUT2D eigenvalue weighted by Gasteiger charge is 2.18. The van der Waals surface area contributed by atoms with E-state index in [1.807, 2.05) is 51.5 Å². The second-order valence-electron chi connectivity index (χ2n) is 7.84. The first kappa shape index (κ1) is 28.3. The van der Waals surface area contributed by atoms with Gasteiger partial charge in [0.05, 0.1) is 27.4 Å². The summed E-state index contributed by atoms with van der Waals surface area (Å²) in [5.74, 6) is 3.07. The number of hydrogen-bond acceptors (Lipinski definition) is 7. The van der Waals surface area contributed by atoms with Crippen molar-refractivity contribution in [2.45, 2.75) is 26.7 Å². The molecule has 0 fully saturated rings. The van der Waals surface area contributed by atoms with Gasteiger partial charge in [0.15, 0.2) is 23.0 Å². The van der Waals surface area contributed by atoms with Gasteiger partial charge in [-0.05, 0) is 66.7 Å². The number of benzene rings is 2. The largest absolute Gasteiger partial charge is 0.493 e. The van der Waals surface area contributed by atoms with Crippen molar-refractivity contribution in [3.05, 3.63) is 47.8 Å². The first-order valence-electron chi connectivity index (χ1n) is 11.2. The number of fused-ring (bicyclic) bond motifs is 1. The molecule has 0 radical (unpaired) electrons. The molecule has 7 nitrogen and oxygen atoms in total. The molecule has 2 aromatic carbocycles. The summed E-state index contributed by atoms with van der Waals surface area (Å²) in [4.78, 5) is 6.22. The smallest absolute Gasteiger partial charge is 0.264 e. The van der Waals surface area contributed by atoms with Gasteiger partial charge in [-0.3, -0.25) is 4.98 Å². The number of methoxy groups -OCH3 is 2. The van der Waals surface area contributed by atoms with Gasteiger partial charge in [-0.25, -0.2) is 0 Å². The number of ether oxygens (including phenoxy) is 5. The van der Waals surface area contributed by atoms with E-state index in [-0.39, 0.29) is 12.4 Å². The number of nitrogens with zero attached hydrogens (tertiary/aromatic N) is 2. The summed E-state index contributed by atoms with van der Waals surface area (Å²) in [6, 6.07) is 7.88. The normalized spacial score (nSPS) is 10.3. The highest BCUT2D eigenvalue weighted by atomic mass is 35.5. The van der Waals surface area contributed by atoms with Crippen LogP contribution in [0.2, 0.25) is 0 Å². The minimum atomic E-state index is 0. The molecule has 0 amide bonds. The van der Waals surface area contributed by atoms with Crippen LogP contribution in [0.5, 0.6) is 28.7 Å². The second-order valence-corrected chi connectivity index (χ2v) is 8.19. The lowest BCUT2D eigenvalue weighted by Crippen LogP contribution is -2.25. The summed E-state index contributed by atoms with van der Waals surface area (Å²) in [6.07, 6.45) is 5.13. The molecule has 0 bridgehead atoms. The highest BCUT2D eigenvalue weighted by Crippen LogP contribution is 2.41. The van der Waals surface area contributed by atoms with Crippen LogP contribution in [0.15, 0.2) is 36.7 Å². The quantitative estimate of drug-likeness (QED) is 0.316. The molecule has 0 spiro atoms. The number of aromatic nitrogens is 1. The molecule has 190 valence electrons. The van der Waals surface area contributed by atoms with Gasteiger partial charge in [0.2, 0.25) is 5.75 Å². The molecule has 0 aliphatic rings. The van der Waals surface area contributed by atoms with Crippen LogP contribution >= 0.6 is 24.6 Å². The molecule has 0 N–H and O–H groups in total. The minimum absolute atomic E-state index is 0. The summed E-state index contributed by atoms with van der Waals surface area (Å²) in [5, 5.41) is 2.17. The average Bonchev–Trinajstić information content (AvgIpc) is 2.84. The Bertz CT molecular complexity index is 1130. The standard InChI is InChI=1S/C26H32N2O5S.ClH/c1-7-11-32-25-22(29-5)13-17(14-23(25)30-6)12-18-15-27-16-20-19(18)9-10-21(31-8-2)24(20)33-26(34)28(3)4;/h9-10,13-16H,7-8,11-12H2,1-6H3;1H.